The van der Waals surface area contributed by atoms with Crippen LogP contribution in [0.3, 0.4) is 0 Å². The normalized spacial score (nSPS) is 13.0. The summed E-state index contributed by atoms with van der Waals surface area (Å²) in [5.41, 5.74) is 1.28. The predicted octanol–water partition coefficient (Wildman–Crippen LogP) is 3.90. The van der Waals surface area contributed by atoms with Crippen LogP contribution in [0.1, 0.15) is 20.8 Å². The molecule has 0 unspecified atom stereocenters. The molecule has 0 radical (unpaired) electrons. The van der Waals surface area contributed by atoms with Gasteiger partial charge in [0.05, 0.1) is 0 Å². The van der Waals surface area contributed by atoms with Gasteiger partial charge < -0.3 is 0 Å². The van der Waals surface area contributed by atoms with E-state index in [-0.39, 0.29) is 0 Å². The Hall–Kier alpha value is -0.490. The van der Waals surface area contributed by atoms with E-state index in [1.165, 1.54) is 5.57 Å². The third kappa shape index (κ3) is 4.86. The van der Waals surface area contributed by atoms with Crippen molar-refractivity contribution in [1.29, 1.82) is 0 Å². The van der Waals surface area contributed by atoms with Gasteiger partial charge >= 0.3 is 0 Å². The lowest BCUT2D eigenvalue weighted by atomic mass is 10.0. The van der Waals surface area contributed by atoms with Gasteiger partial charge in [-0.05, 0) is 24.5 Å². The zero-order chi connectivity index (χ0) is 8.85. The molecule has 0 saturated carbocycles. The Labute approximate surface area is 74.3 Å². The van der Waals surface area contributed by atoms with E-state index in [0.717, 1.165) is 0 Å². The van der Waals surface area contributed by atoms with Gasteiger partial charge in [0.2, 0.25) is 0 Å². The molecule has 0 spiro atoms. The smallest absolute Gasteiger partial charge is 0.0334 e. The first kappa shape index (κ1) is 10.5. The van der Waals surface area contributed by atoms with Crippen molar-refractivity contribution in [2.45, 2.75) is 20.8 Å². The Morgan fingerprint density at radius 2 is 1.91 bits per heavy atom. The first-order valence-corrected chi connectivity index (χ1v) is 4.14. The fraction of sp³-hybridized carbons (Fsp3) is 0.400. The third-order valence-electron chi connectivity index (χ3n) is 1.46. The van der Waals surface area contributed by atoms with E-state index in [0.29, 0.717) is 11.0 Å². The summed E-state index contributed by atoms with van der Waals surface area (Å²) in [5, 5.41) is 0.574. The van der Waals surface area contributed by atoms with Crippen molar-refractivity contribution < 1.29 is 0 Å². The van der Waals surface area contributed by atoms with E-state index in [1.807, 2.05) is 19.1 Å². The molecule has 0 aromatic rings. The van der Waals surface area contributed by atoms with Gasteiger partial charge in [0.1, 0.15) is 0 Å². The van der Waals surface area contributed by atoms with Crippen molar-refractivity contribution >= 4 is 11.6 Å². The minimum Gasteiger partial charge on any atom is -0.0850 e. The minimum atomic E-state index is 0.548. The van der Waals surface area contributed by atoms with Crippen LogP contribution in [0, 0.1) is 5.92 Å². The topological polar surface area (TPSA) is 0 Å². The molecule has 0 rings (SSSR count). The van der Waals surface area contributed by atoms with Crippen molar-refractivity contribution in [3.63, 3.8) is 0 Å². The Bertz CT molecular complexity index is 185. The lowest BCUT2D eigenvalue weighted by Crippen LogP contribution is -1.88. The van der Waals surface area contributed by atoms with Crippen molar-refractivity contribution in [2.24, 2.45) is 5.92 Å². The molecule has 62 valence electrons. The summed E-state index contributed by atoms with van der Waals surface area (Å²) in [6.45, 7) is 9.90. The molecule has 11 heavy (non-hydrogen) atoms. The Morgan fingerprint density at radius 1 is 1.36 bits per heavy atom. The van der Waals surface area contributed by atoms with Crippen LogP contribution in [0.2, 0.25) is 0 Å². The molecule has 0 aliphatic carbocycles. The SMILES string of the molecule is C=C(Cl)/C=C\C(=C/C)C(C)C. The van der Waals surface area contributed by atoms with Gasteiger partial charge in [-0.3, -0.25) is 0 Å². The molecule has 1 heteroatoms. The number of hydrogen-bond acceptors (Lipinski definition) is 0. The average Bonchev–Trinajstić information content (AvgIpc) is 1.87. The van der Waals surface area contributed by atoms with Gasteiger partial charge in [-0.1, -0.05) is 44.2 Å². The van der Waals surface area contributed by atoms with Crippen LogP contribution < -0.4 is 0 Å². The maximum Gasteiger partial charge on any atom is 0.0334 e. The summed E-state index contributed by atoms with van der Waals surface area (Å²) in [5.74, 6) is 0.548. The third-order valence-corrected chi connectivity index (χ3v) is 1.58. The summed E-state index contributed by atoms with van der Waals surface area (Å²) in [6.07, 6.45) is 5.90. The highest BCUT2D eigenvalue weighted by Crippen LogP contribution is 2.12. The molecular formula is C10H15Cl. The quantitative estimate of drug-likeness (QED) is 0.564. The van der Waals surface area contributed by atoms with Crippen LogP contribution in [0.5, 0.6) is 0 Å². The van der Waals surface area contributed by atoms with Crippen molar-refractivity contribution in [3.05, 3.63) is 35.4 Å². The Morgan fingerprint density at radius 3 is 2.18 bits per heavy atom. The average molecular weight is 171 g/mol. The van der Waals surface area contributed by atoms with E-state index < -0.39 is 0 Å². The molecule has 0 aromatic carbocycles. The zero-order valence-corrected chi connectivity index (χ0v) is 8.15. The number of allylic oxidation sites excluding steroid dienone is 5. The standard InChI is InChI=1S/C10H15Cl/c1-5-10(8(2)3)7-6-9(4)11/h5-8H,4H2,1-3H3/b7-6-,10-5+. The zero-order valence-electron chi connectivity index (χ0n) is 7.39. The maximum atomic E-state index is 5.58. The van der Waals surface area contributed by atoms with Crippen molar-refractivity contribution in [1.82, 2.24) is 0 Å². The second-order valence-electron chi connectivity index (χ2n) is 2.72. The van der Waals surface area contributed by atoms with Gasteiger partial charge in [0.25, 0.3) is 0 Å². The number of rotatable bonds is 3. The second-order valence-corrected chi connectivity index (χ2v) is 3.21. The molecule has 0 fully saturated rings. The van der Waals surface area contributed by atoms with Crippen LogP contribution in [0.4, 0.5) is 0 Å². The molecule has 0 nitrogen and oxygen atoms in total. The van der Waals surface area contributed by atoms with Crippen LogP contribution in [0.15, 0.2) is 35.4 Å². The molecule has 0 bridgehead atoms. The largest absolute Gasteiger partial charge is 0.0850 e. The summed E-state index contributed by atoms with van der Waals surface area (Å²) in [6, 6.07) is 0. The molecule has 0 amide bonds. The van der Waals surface area contributed by atoms with Crippen LogP contribution in [-0.4, -0.2) is 0 Å². The molecule has 0 saturated heterocycles. The summed E-state index contributed by atoms with van der Waals surface area (Å²) < 4.78 is 0. The highest BCUT2D eigenvalue weighted by atomic mass is 35.5. The summed E-state index contributed by atoms with van der Waals surface area (Å²) >= 11 is 5.58. The fourth-order valence-electron chi connectivity index (χ4n) is 0.809. The summed E-state index contributed by atoms with van der Waals surface area (Å²) in [7, 11) is 0. The molecular weight excluding hydrogens is 156 g/mol. The fourth-order valence-corrected chi connectivity index (χ4v) is 0.872. The van der Waals surface area contributed by atoms with Crippen LogP contribution >= 0.6 is 11.6 Å². The maximum absolute atomic E-state index is 5.58. The predicted molar refractivity (Wildman–Crippen MR) is 52.7 cm³/mol. The Balaban J connectivity index is 4.22. The molecule has 0 heterocycles. The lowest BCUT2D eigenvalue weighted by Gasteiger charge is -2.03. The molecule has 0 aromatic heterocycles. The minimum absolute atomic E-state index is 0.548. The lowest BCUT2D eigenvalue weighted by molar-refractivity contribution is 0.789. The monoisotopic (exact) mass is 170 g/mol. The van der Waals surface area contributed by atoms with Gasteiger partial charge in [-0.2, -0.15) is 0 Å². The highest BCUT2D eigenvalue weighted by Gasteiger charge is 1.95. The van der Waals surface area contributed by atoms with Crippen LogP contribution in [0.25, 0.3) is 0 Å². The van der Waals surface area contributed by atoms with Gasteiger partial charge in [0.15, 0.2) is 0 Å². The van der Waals surface area contributed by atoms with Gasteiger partial charge in [0, 0.05) is 5.03 Å². The van der Waals surface area contributed by atoms with Gasteiger partial charge in [-0.15, -0.1) is 0 Å². The van der Waals surface area contributed by atoms with E-state index in [9.17, 15) is 0 Å². The molecule has 0 N–H and O–H groups in total. The van der Waals surface area contributed by atoms with Crippen molar-refractivity contribution in [3.8, 4) is 0 Å². The summed E-state index contributed by atoms with van der Waals surface area (Å²) in [4.78, 5) is 0. The molecule has 0 aliphatic rings. The molecule has 0 atom stereocenters. The van der Waals surface area contributed by atoms with E-state index in [2.05, 4.69) is 26.5 Å². The second kappa shape index (κ2) is 5.20. The van der Waals surface area contributed by atoms with E-state index in [1.54, 1.807) is 0 Å². The Kier molecular flexibility index (Phi) is 4.97. The first-order chi connectivity index (χ1) is 5.07. The highest BCUT2D eigenvalue weighted by molar-refractivity contribution is 6.30. The number of hydrogen-bond donors (Lipinski definition) is 0. The van der Waals surface area contributed by atoms with Gasteiger partial charge in [-0.25, -0.2) is 0 Å². The number of halogens is 1. The van der Waals surface area contributed by atoms with E-state index >= 15 is 0 Å². The molecule has 0 aliphatic heterocycles. The van der Waals surface area contributed by atoms with Crippen molar-refractivity contribution in [2.75, 3.05) is 0 Å². The van der Waals surface area contributed by atoms with Crippen LogP contribution in [-0.2, 0) is 0 Å². The van der Waals surface area contributed by atoms with E-state index in [4.69, 9.17) is 11.6 Å². The first-order valence-electron chi connectivity index (χ1n) is 3.76.